The lowest BCUT2D eigenvalue weighted by molar-refractivity contribution is -0.144. The molecule has 2 N–H and O–H groups in total. The fourth-order valence-corrected chi connectivity index (χ4v) is 3.18. The summed E-state index contributed by atoms with van der Waals surface area (Å²) in [5.41, 5.74) is 5.77. The number of fused-ring (bicyclic) bond motifs is 2. The van der Waals surface area contributed by atoms with Crippen molar-refractivity contribution in [3.8, 4) is 0 Å². The minimum absolute atomic E-state index is 0.0839. The van der Waals surface area contributed by atoms with E-state index in [9.17, 15) is 4.79 Å². The molecule has 2 rings (SSSR count). The summed E-state index contributed by atoms with van der Waals surface area (Å²) in [4.78, 5) is 13.7. The summed E-state index contributed by atoms with van der Waals surface area (Å²) >= 11 is 0. The molecule has 4 heteroatoms. The number of carbonyl (C=O) groups is 1. The summed E-state index contributed by atoms with van der Waals surface area (Å²) < 4.78 is 5.00. The summed E-state index contributed by atoms with van der Waals surface area (Å²) in [7, 11) is 0. The molecule has 0 radical (unpaired) electrons. The van der Waals surface area contributed by atoms with Gasteiger partial charge in [0.2, 0.25) is 0 Å². The average molecular weight is 226 g/mol. The molecule has 2 bridgehead atoms. The van der Waals surface area contributed by atoms with Crippen LogP contribution in [0.4, 0.5) is 0 Å². The van der Waals surface area contributed by atoms with Crippen LogP contribution in [0.3, 0.4) is 0 Å². The van der Waals surface area contributed by atoms with Gasteiger partial charge < -0.3 is 10.5 Å². The van der Waals surface area contributed by atoms with Crippen molar-refractivity contribution in [2.45, 2.75) is 32.2 Å². The smallest absolute Gasteiger partial charge is 0.320 e. The lowest BCUT2D eigenvalue weighted by Crippen LogP contribution is -2.34. The van der Waals surface area contributed by atoms with Crippen LogP contribution in [0.15, 0.2) is 0 Å². The van der Waals surface area contributed by atoms with Gasteiger partial charge in [0.05, 0.1) is 13.2 Å². The van der Waals surface area contributed by atoms with Crippen molar-refractivity contribution < 1.29 is 9.53 Å². The van der Waals surface area contributed by atoms with Gasteiger partial charge in [-0.3, -0.25) is 9.69 Å². The van der Waals surface area contributed by atoms with Gasteiger partial charge in [0.25, 0.3) is 0 Å². The summed E-state index contributed by atoms with van der Waals surface area (Å²) in [6.07, 6.45) is 3.64. The van der Waals surface area contributed by atoms with E-state index in [2.05, 4.69) is 4.90 Å². The molecule has 92 valence electrons. The van der Waals surface area contributed by atoms with Gasteiger partial charge in [-0.2, -0.15) is 0 Å². The van der Waals surface area contributed by atoms with Gasteiger partial charge in [0, 0.05) is 12.6 Å². The van der Waals surface area contributed by atoms with E-state index in [1.165, 1.54) is 19.3 Å². The van der Waals surface area contributed by atoms with E-state index in [4.69, 9.17) is 10.5 Å². The third-order valence-corrected chi connectivity index (χ3v) is 4.04. The first-order valence-corrected chi connectivity index (χ1v) is 6.34. The molecule has 1 heterocycles. The molecule has 0 aromatic rings. The third-order valence-electron chi connectivity index (χ3n) is 4.04. The number of hydrogen-bond donors (Lipinski definition) is 1. The van der Waals surface area contributed by atoms with Gasteiger partial charge >= 0.3 is 5.97 Å². The van der Waals surface area contributed by atoms with Crippen LogP contribution in [0.2, 0.25) is 0 Å². The summed E-state index contributed by atoms with van der Waals surface area (Å²) in [6.45, 7) is 4.62. The SMILES string of the molecule is CCOC(=O)CN1CC2CC1CCC2CN. The number of carbonyl (C=O) groups excluding carboxylic acids is 1. The molecule has 0 aromatic carbocycles. The largest absolute Gasteiger partial charge is 0.465 e. The Bertz CT molecular complexity index is 257. The minimum atomic E-state index is -0.0839. The van der Waals surface area contributed by atoms with E-state index < -0.39 is 0 Å². The number of nitrogens with zero attached hydrogens (tertiary/aromatic N) is 1. The van der Waals surface area contributed by atoms with Gasteiger partial charge in [-0.1, -0.05) is 0 Å². The van der Waals surface area contributed by atoms with E-state index in [1.54, 1.807) is 0 Å². The van der Waals surface area contributed by atoms with Crippen molar-refractivity contribution in [1.82, 2.24) is 4.90 Å². The second kappa shape index (κ2) is 5.15. The summed E-state index contributed by atoms with van der Waals surface area (Å²) in [5.74, 6) is 1.29. The number of esters is 1. The zero-order valence-electron chi connectivity index (χ0n) is 10.0. The minimum Gasteiger partial charge on any atom is -0.465 e. The predicted octanol–water partition coefficient (Wildman–Crippen LogP) is 0.609. The fraction of sp³-hybridized carbons (Fsp3) is 0.917. The van der Waals surface area contributed by atoms with Gasteiger partial charge in [0.1, 0.15) is 0 Å². The highest BCUT2D eigenvalue weighted by Crippen LogP contribution is 2.38. The molecule has 4 nitrogen and oxygen atoms in total. The van der Waals surface area contributed by atoms with Crippen molar-refractivity contribution in [2.75, 3.05) is 26.2 Å². The maximum atomic E-state index is 11.5. The van der Waals surface area contributed by atoms with Crippen molar-refractivity contribution in [2.24, 2.45) is 17.6 Å². The standard InChI is InChI=1S/C12H22N2O2/c1-2-16-12(15)8-14-7-10-5-11(14)4-3-9(10)6-13/h9-11H,2-8,13H2,1H3. The molecule has 2 fully saturated rings. The van der Waals surface area contributed by atoms with Gasteiger partial charge in [-0.15, -0.1) is 0 Å². The zero-order chi connectivity index (χ0) is 11.5. The van der Waals surface area contributed by atoms with Gasteiger partial charge in [-0.05, 0) is 44.6 Å². The van der Waals surface area contributed by atoms with Crippen molar-refractivity contribution in [3.63, 3.8) is 0 Å². The Labute approximate surface area is 97.1 Å². The molecule has 1 aliphatic heterocycles. The Kier molecular flexibility index (Phi) is 3.82. The van der Waals surface area contributed by atoms with Crippen molar-refractivity contribution >= 4 is 5.97 Å². The molecule has 0 amide bonds. The first-order chi connectivity index (χ1) is 7.74. The first kappa shape index (κ1) is 11.9. The Morgan fingerprint density at radius 1 is 1.50 bits per heavy atom. The molecule has 1 saturated heterocycles. The topological polar surface area (TPSA) is 55.6 Å². The highest BCUT2D eigenvalue weighted by Gasteiger charge is 2.40. The van der Waals surface area contributed by atoms with Gasteiger partial charge in [-0.25, -0.2) is 0 Å². The Hall–Kier alpha value is -0.610. The van der Waals surface area contributed by atoms with E-state index in [-0.39, 0.29) is 5.97 Å². The fourth-order valence-electron chi connectivity index (χ4n) is 3.18. The first-order valence-electron chi connectivity index (χ1n) is 6.34. The van der Waals surface area contributed by atoms with E-state index in [0.717, 1.165) is 13.1 Å². The molecule has 1 saturated carbocycles. The van der Waals surface area contributed by atoms with Crippen LogP contribution in [0, 0.1) is 11.8 Å². The Morgan fingerprint density at radius 2 is 2.31 bits per heavy atom. The quantitative estimate of drug-likeness (QED) is 0.714. The lowest BCUT2D eigenvalue weighted by Gasteiger charge is -2.27. The normalized spacial score (nSPS) is 34.0. The zero-order valence-corrected chi connectivity index (χ0v) is 10.0. The van der Waals surface area contributed by atoms with Crippen LogP contribution in [0.25, 0.3) is 0 Å². The molecule has 0 aromatic heterocycles. The van der Waals surface area contributed by atoms with E-state index >= 15 is 0 Å². The average Bonchev–Trinajstić information content (AvgIpc) is 2.57. The Morgan fingerprint density at radius 3 is 3.00 bits per heavy atom. The van der Waals surface area contributed by atoms with Crippen LogP contribution in [-0.2, 0) is 9.53 Å². The molecule has 0 spiro atoms. The number of ether oxygens (including phenoxy) is 1. The highest BCUT2D eigenvalue weighted by atomic mass is 16.5. The van der Waals surface area contributed by atoms with Gasteiger partial charge in [0.15, 0.2) is 0 Å². The summed E-state index contributed by atoms with van der Waals surface area (Å²) in [6, 6.07) is 0.595. The molecule has 3 atom stereocenters. The molecular weight excluding hydrogens is 204 g/mol. The van der Waals surface area contributed by atoms with Crippen LogP contribution in [0.1, 0.15) is 26.2 Å². The van der Waals surface area contributed by atoms with E-state index in [0.29, 0.717) is 31.0 Å². The molecule has 2 aliphatic rings. The van der Waals surface area contributed by atoms with Crippen LogP contribution >= 0.6 is 0 Å². The number of rotatable bonds is 4. The molecule has 1 aliphatic carbocycles. The molecule has 16 heavy (non-hydrogen) atoms. The highest BCUT2D eigenvalue weighted by molar-refractivity contribution is 5.71. The maximum absolute atomic E-state index is 11.5. The van der Waals surface area contributed by atoms with E-state index in [1.807, 2.05) is 6.92 Å². The molecule has 3 unspecified atom stereocenters. The third kappa shape index (κ3) is 2.38. The van der Waals surface area contributed by atoms with Crippen molar-refractivity contribution in [1.29, 1.82) is 0 Å². The molecular formula is C12H22N2O2. The van der Waals surface area contributed by atoms with Crippen LogP contribution < -0.4 is 5.73 Å². The second-order valence-electron chi connectivity index (χ2n) is 4.96. The van der Waals surface area contributed by atoms with Crippen LogP contribution in [-0.4, -0.2) is 43.2 Å². The van der Waals surface area contributed by atoms with Crippen molar-refractivity contribution in [3.05, 3.63) is 0 Å². The monoisotopic (exact) mass is 226 g/mol. The number of hydrogen-bond acceptors (Lipinski definition) is 4. The number of likely N-dealkylation sites (tertiary alicyclic amines) is 1. The summed E-state index contributed by atoms with van der Waals surface area (Å²) in [5, 5.41) is 0. The maximum Gasteiger partial charge on any atom is 0.320 e. The predicted molar refractivity (Wildman–Crippen MR) is 61.9 cm³/mol. The second-order valence-corrected chi connectivity index (χ2v) is 4.96. The Balaban J connectivity index is 1.87. The lowest BCUT2D eigenvalue weighted by atomic mass is 9.80. The number of nitrogens with two attached hydrogens (primary N) is 1. The van der Waals surface area contributed by atoms with Crippen LogP contribution in [0.5, 0.6) is 0 Å².